The maximum Gasteiger partial charge on any atom is 0.222 e. The van der Waals surface area contributed by atoms with Crippen molar-refractivity contribution in [3.8, 4) is 11.5 Å². The van der Waals surface area contributed by atoms with E-state index in [4.69, 9.17) is 9.47 Å². The molecule has 1 fully saturated rings. The van der Waals surface area contributed by atoms with Gasteiger partial charge in [0.15, 0.2) is 0 Å². The van der Waals surface area contributed by atoms with Crippen LogP contribution in [0, 0.1) is 0 Å². The van der Waals surface area contributed by atoms with Gasteiger partial charge in [-0.05, 0) is 60.4 Å². The largest absolute Gasteiger partial charge is 0.496 e. The number of benzene rings is 3. The van der Waals surface area contributed by atoms with Crippen molar-refractivity contribution in [3.05, 3.63) is 95.1 Å². The molecule has 0 bridgehead atoms. The lowest BCUT2D eigenvalue weighted by Crippen LogP contribution is -2.32. The molecule has 1 aliphatic carbocycles. The van der Waals surface area contributed by atoms with Crippen LogP contribution in [0.15, 0.2) is 72.8 Å². The van der Waals surface area contributed by atoms with Gasteiger partial charge in [0.2, 0.25) is 5.91 Å². The van der Waals surface area contributed by atoms with Crippen molar-refractivity contribution in [2.75, 3.05) is 13.7 Å². The zero-order chi connectivity index (χ0) is 28.7. The van der Waals surface area contributed by atoms with Crippen molar-refractivity contribution in [1.82, 2.24) is 4.90 Å². The molecule has 1 saturated carbocycles. The zero-order valence-corrected chi connectivity index (χ0v) is 25.3. The first-order chi connectivity index (χ1) is 20.2. The summed E-state index contributed by atoms with van der Waals surface area (Å²) in [6.45, 7) is 3.91. The third-order valence-corrected chi connectivity index (χ3v) is 8.44. The molecule has 0 atom stereocenters. The predicted molar refractivity (Wildman–Crippen MR) is 169 cm³/mol. The third-order valence-electron chi connectivity index (χ3n) is 8.44. The summed E-state index contributed by atoms with van der Waals surface area (Å²) in [6.07, 6.45) is 14.0. The van der Waals surface area contributed by atoms with Crippen LogP contribution in [0.25, 0.3) is 0 Å². The van der Waals surface area contributed by atoms with E-state index in [9.17, 15) is 4.79 Å². The molecule has 1 amide bonds. The van der Waals surface area contributed by atoms with E-state index in [2.05, 4.69) is 55.5 Å². The van der Waals surface area contributed by atoms with E-state index in [0.717, 1.165) is 42.7 Å². The highest BCUT2D eigenvalue weighted by Crippen LogP contribution is 2.31. The quantitative estimate of drug-likeness (QED) is 0.186. The van der Waals surface area contributed by atoms with Crippen LogP contribution in [-0.2, 0) is 24.4 Å². The number of nitrogens with zero attached hydrogens (tertiary/aromatic N) is 1. The maximum atomic E-state index is 13.2. The fourth-order valence-corrected chi connectivity index (χ4v) is 5.88. The van der Waals surface area contributed by atoms with E-state index in [1.807, 2.05) is 29.2 Å². The second kappa shape index (κ2) is 16.9. The molecule has 0 heterocycles. The Labute approximate surface area is 248 Å². The molecule has 4 nitrogen and oxygen atoms in total. The highest BCUT2D eigenvalue weighted by atomic mass is 16.5. The van der Waals surface area contributed by atoms with Crippen molar-refractivity contribution in [2.45, 2.75) is 103 Å². The first-order valence-corrected chi connectivity index (χ1v) is 15.9. The number of methoxy groups -OCH3 is 1. The molecule has 220 valence electrons. The van der Waals surface area contributed by atoms with E-state index in [0.29, 0.717) is 32.0 Å². The third kappa shape index (κ3) is 9.95. The Bertz CT molecular complexity index is 1170. The summed E-state index contributed by atoms with van der Waals surface area (Å²) < 4.78 is 11.9. The summed E-state index contributed by atoms with van der Waals surface area (Å²) in [5.41, 5.74) is 4.89. The minimum absolute atomic E-state index is 0.208. The van der Waals surface area contributed by atoms with Gasteiger partial charge in [-0.3, -0.25) is 4.79 Å². The van der Waals surface area contributed by atoms with Crippen molar-refractivity contribution < 1.29 is 14.3 Å². The lowest BCUT2D eigenvalue weighted by Gasteiger charge is -2.24. The number of hydrogen-bond donors (Lipinski definition) is 0. The van der Waals surface area contributed by atoms with Crippen LogP contribution in [0.4, 0.5) is 0 Å². The first-order valence-electron chi connectivity index (χ1n) is 15.9. The fourth-order valence-electron chi connectivity index (χ4n) is 5.88. The normalized spacial score (nSPS) is 14.2. The molecule has 0 spiro atoms. The monoisotopic (exact) mass is 555 g/mol. The molecular formula is C37H49NO3. The van der Waals surface area contributed by atoms with Crippen molar-refractivity contribution in [3.63, 3.8) is 0 Å². The molecule has 0 radical (unpaired) electrons. The number of carbonyl (C=O) groups is 1. The van der Waals surface area contributed by atoms with Gasteiger partial charge in [-0.25, -0.2) is 0 Å². The summed E-state index contributed by atoms with van der Waals surface area (Å²) >= 11 is 0. The molecule has 0 aliphatic heterocycles. The Morgan fingerprint density at radius 2 is 1.59 bits per heavy atom. The Kier molecular flexibility index (Phi) is 12.6. The lowest BCUT2D eigenvalue weighted by molar-refractivity contribution is -0.131. The SMILES string of the molecule is CCCCCC(=O)N(CCc1ccccc1)Cc1ccc(OCc2ccc(C3CCCCCCC3)cc2)cc1OC. The molecule has 0 aromatic heterocycles. The first kappa shape index (κ1) is 30.7. The number of ether oxygens (including phenoxy) is 2. The second-order valence-electron chi connectivity index (χ2n) is 11.6. The van der Waals surface area contributed by atoms with E-state index in [1.54, 1.807) is 7.11 Å². The van der Waals surface area contributed by atoms with Gasteiger partial charge in [-0.15, -0.1) is 0 Å². The van der Waals surface area contributed by atoms with Gasteiger partial charge in [-0.1, -0.05) is 106 Å². The van der Waals surface area contributed by atoms with Crippen LogP contribution in [0.5, 0.6) is 11.5 Å². The van der Waals surface area contributed by atoms with Crippen LogP contribution in [0.1, 0.15) is 106 Å². The zero-order valence-electron chi connectivity index (χ0n) is 25.3. The molecule has 0 unspecified atom stereocenters. The average molecular weight is 556 g/mol. The van der Waals surface area contributed by atoms with Crippen LogP contribution >= 0.6 is 0 Å². The van der Waals surface area contributed by atoms with Gasteiger partial charge >= 0.3 is 0 Å². The minimum Gasteiger partial charge on any atom is -0.496 e. The molecule has 0 saturated heterocycles. The van der Waals surface area contributed by atoms with Crippen LogP contribution in [-0.4, -0.2) is 24.5 Å². The standard InChI is InChI=1S/C37H49NO3/c1-3-4-9-18-37(39)38(26-25-30-14-10-8-11-15-30)28-34-23-24-35(27-36(34)40-2)41-29-31-19-21-33(22-20-31)32-16-12-6-5-7-13-17-32/h8,10-11,14-15,19-24,27,32H,3-7,9,12-13,16-18,25-26,28-29H2,1-2H3. The molecule has 41 heavy (non-hydrogen) atoms. The molecule has 3 aromatic rings. The van der Waals surface area contributed by atoms with Gasteiger partial charge in [-0.2, -0.15) is 0 Å². The highest BCUT2D eigenvalue weighted by molar-refractivity contribution is 5.76. The molecule has 4 rings (SSSR count). The van der Waals surface area contributed by atoms with Crippen LogP contribution < -0.4 is 9.47 Å². The summed E-state index contributed by atoms with van der Waals surface area (Å²) in [5.74, 6) is 2.44. The van der Waals surface area contributed by atoms with Gasteiger partial charge in [0, 0.05) is 31.1 Å². The van der Waals surface area contributed by atoms with Crippen molar-refractivity contribution in [2.24, 2.45) is 0 Å². The highest BCUT2D eigenvalue weighted by Gasteiger charge is 2.17. The number of unbranched alkanes of at least 4 members (excludes halogenated alkanes) is 2. The molecule has 4 heteroatoms. The fraction of sp³-hybridized carbons (Fsp3) is 0.486. The van der Waals surface area contributed by atoms with Crippen molar-refractivity contribution >= 4 is 5.91 Å². The number of rotatable bonds is 14. The molecule has 0 N–H and O–H groups in total. The van der Waals surface area contributed by atoms with E-state index in [1.165, 1.54) is 61.6 Å². The Balaban J connectivity index is 1.37. The Morgan fingerprint density at radius 3 is 2.29 bits per heavy atom. The summed E-state index contributed by atoms with van der Waals surface area (Å²) in [5, 5.41) is 0. The lowest BCUT2D eigenvalue weighted by atomic mass is 9.86. The topological polar surface area (TPSA) is 38.8 Å². The van der Waals surface area contributed by atoms with E-state index >= 15 is 0 Å². The summed E-state index contributed by atoms with van der Waals surface area (Å²) in [4.78, 5) is 15.2. The van der Waals surface area contributed by atoms with Crippen molar-refractivity contribution in [1.29, 1.82) is 0 Å². The molecular weight excluding hydrogens is 506 g/mol. The number of amides is 1. The van der Waals surface area contributed by atoms with Gasteiger partial charge in [0.1, 0.15) is 18.1 Å². The molecule has 3 aromatic carbocycles. The van der Waals surface area contributed by atoms with Crippen LogP contribution in [0.3, 0.4) is 0 Å². The van der Waals surface area contributed by atoms with Gasteiger partial charge in [0.05, 0.1) is 7.11 Å². The smallest absolute Gasteiger partial charge is 0.222 e. The molecule has 1 aliphatic rings. The Hall–Kier alpha value is -3.27. The number of hydrogen-bond acceptors (Lipinski definition) is 3. The van der Waals surface area contributed by atoms with Gasteiger partial charge < -0.3 is 14.4 Å². The number of carbonyl (C=O) groups excluding carboxylic acids is 1. The van der Waals surface area contributed by atoms with E-state index < -0.39 is 0 Å². The van der Waals surface area contributed by atoms with Crippen LogP contribution in [0.2, 0.25) is 0 Å². The van der Waals surface area contributed by atoms with Gasteiger partial charge in [0.25, 0.3) is 0 Å². The summed E-state index contributed by atoms with van der Waals surface area (Å²) in [6, 6.07) is 25.4. The minimum atomic E-state index is 0.208. The maximum absolute atomic E-state index is 13.2. The average Bonchev–Trinajstić information content (AvgIpc) is 2.99. The van der Waals surface area contributed by atoms with E-state index in [-0.39, 0.29) is 5.91 Å². The summed E-state index contributed by atoms with van der Waals surface area (Å²) in [7, 11) is 1.69. The second-order valence-corrected chi connectivity index (χ2v) is 11.6. The Morgan fingerprint density at radius 1 is 0.854 bits per heavy atom. The predicted octanol–water partition coefficient (Wildman–Crippen LogP) is 9.25.